The van der Waals surface area contributed by atoms with E-state index in [0.29, 0.717) is 44.7 Å². The number of hydrogen-bond acceptors (Lipinski definition) is 9. The molecule has 1 spiro atoms. The van der Waals surface area contributed by atoms with Gasteiger partial charge in [-0.05, 0) is 24.8 Å². The van der Waals surface area contributed by atoms with Gasteiger partial charge in [0.25, 0.3) is 0 Å². The predicted octanol–water partition coefficient (Wildman–Crippen LogP) is 1.84. The normalized spacial score (nSPS) is 34.4. The Balaban J connectivity index is 1.41. The second-order valence-electron chi connectivity index (χ2n) is 14.0. The van der Waals surface area contributed by atoms with Gasteiger partial charge in [-0.3, -0.25) is 24.1 Å². The largest absolute Gasteiger partial charge is 0.455 e. The Morgan fingerprint density at radius 2 is 1.80 bits per heavy atom. The van der Waals surface area contributed by atoms with Crippen LogP contribution < -0.4 is 5.32 Å². The number of morpholine rings is 1. The third kappa shape index (κ3) is 6.80. The van der Waals surface area contributed by atoms with E-state index >= 15 is 0 Å². The highest BCUT2D eigenvalue weighted by Crippen LogP contribution is 2.56. The zero-order chi connectivity index (χ0) is 34.7. The molecule has 2 N–H and O–H groups in total. The number of hydrogen-bond donors (Lipinski definition) is 2. The smallest absolute Gasteiger partial charge is 0.313 e. The molecule has 5 aliphatic rings. The van der Waals surface area contributed by atoms with Crippen molar-refractivity contribution in [3.8, 4) is 0 Å². The Labute approximate surface area is 288 Å². The number of cyclic esters (lactones) is 1. The van der Waals surface area contributed by atoms with Crippen LogP contribution in [0.2, 0.25) is 0 Å². The van der Waals surface area contributed by atoms with Gasteiger partial charge in [0, 0.05) is 39.1 Å². The Morgan fingerprint density at radius 1 is 1.04 bits per heavy atom. The van der Waals surface area contributed by atoms with Crippen molar-refractivity contribution in [3.63, 3.8) is 0 Å². The summed E-state index contributed by atoms with van der Waals surface area (Å²) in [6.07, 6.45) is 7.11. The van der Waals surface area contributed by atoms with Crippen LogP contribution in [-0.2, 0) is 33.4 Å². The van der Waals surface area contributed by atoms with E-state index in [1.54, 1.807) is 24.0 Å². The summed E-state index contributed by atoms with van der Waals surface area (Å²) in [5, 5.41) is 13.7. The summed E-state index contributed by atoms with van der Waals surface area (Å²) in [6, 6.07) is 6.91. The third-order valence-electron chi connectivity index (χ3n) is 11.0. The van der Waals surface area contributed by atoms with Gasteiger partial charge in [-0.15, -0.1) is 0 Å². The number of carbonyl (C=O) groups is 4. The van der Waals surface area contributed by atoms with Crippen LogP contribution in [0, 0.1) is 17.8 Å². The molecule has 0 saturated carbocycles. The molecule has 5 aliphatic heterocycles. The maximum absolute atomic E-state index is 15.0. The zero-order valence-electron chi connectivity index (χ0n) is 28.7. The number of likely N-dealkylation sites (tertiary alicyclic amines) is 1. The lowest BCUT2D eigenvalue weighted by Gasteiger charge is -2.41. The Hall–Kier alpha value is -3.58. The number of rotatable bonds is 8. The molecule has 0 unspecified atom stereocenters. The number of allylic oxidation sites excluding steroid dienone is 1. The molecule has 1 aromatic rings. The molecule has 49 heavy (non-hydrogen) atoms. The molecule has 12 nitrogen and oxygen atoms in total. The number of carbonyl (C=O) groups excluding carboxylic acids is 4. The van der Waals surface area contributed by atoms with E-state index in [4.69, 9.17) is 14.2 Å². The number of aliphatic hydroxyl groups excluding tert-OH is 1. The first kappa shape index (κ1) is 35.3. The van der Waals surface area contributed by atoms with E-state index in [2.05, 4.69) is 10.2 Å². The molecule has 5 bridgehead atoms. The predicted molar refractivity (Wildman–Crippen MR) is 180 cm³/mol. The summed E-state index contributed by atoms with van der Waals surface area (Å²) in [6.45, 7) is 9.44. The monoisotopic (exact) mass is 678 g/mol. The molecule has 266 valence electrons. The first-order valence-corrected chi connectivity index (χ1v) is 17.8. The lowest BCUT2D eigenvalue weighted by molar-refractivity contribution is -0.162. The van der Waals surface area contributed by atoms with E-state index in [-0.39, 0.29) is 37.3 Å². The Kier molecular flexibility index (Phi) is 10.9. The fraction of sp³-hybridized carbons (Fsp3) is 0.622. The van der Waals surface area contributed by atoms with Crippen molar-refractivity contribution in [2.24, 2.45) is 17.8 Å². The van der Waals surface area contributed by atoms with Crippen molar-refractivity contribution in [2.75, 3.05) is 52.5 Å². The van der Waals surface area contributed by atoms with Crippen LogP contribution in [0.4, 0.5) is 0 Å². The van der Waals surface area contributed by atoms with Crippen LogP contribution in [-0.4, -0.2) is 126 Å². The van der Waals surface area contributed by atoms with Crippen molar-refractivity contribution in [1.82, 2.24) is 20.0 Å². The van der Waals surface area contributed by atoms with Crippen molar-refractivity contribution in [1.29, 1.82) is 0 Å². The van der Waals surface area contributed by atoms with E-state index in [0.717, 1.165) is 13.1 Å². The van der Waals surface area contributed by atoms with Crippen LogP contribution in [0.1, 0.15) is 51.7 Å². The molecular weight excluding hydrogens is 628 g/mol. The lowest BCUT2D eigenvalue weighted by atomic mass is 9.74. The molecule has 5 heterocycles. The number of benzene rings is 1. The van der Waals surface area contributed by atoms with Crippen LogP contribution in [0.5, 0.6) is 0 Å². The number of ether oxygens (including phenoxy) is 3. The minimum Gasteiger partial charge on any atom is -0.455 e. The van der Waals surface area contributed by atoms with Crippen molar-refractivity contribution < 1.29 is 38.5 Å². The fourth-order valence-corrected chi connectivity index (χ4v) is 8.12. The Bertz CT molecular complexity index is 1430. The molecule has 3 fully saturated rings. The highest BCUT2D eigenvalue weighted by Gasteiger charge is 2.74. The topological polar surface area (TPSA) is 138 Å². The minimum atomic E-state index is -1.40. The zero-order valence-corrected chi connectivity index (χ0v) is 28.7. The van der Waals surface area contributed by atoms with E-state index in [9.17, 15) is 24.3 Å². The lowest BCUT2D eigenvalue weighted by Crippen LogP contribution is -2.60. The number of esters is 1. The van der Waals surface area contributed by atoms with Crippen LogP contribution in [0.3, 0.4) is 0 Å². The van der Waals surface area contributed by atoms with Gasteiger partial charge >= 0.3 is 5.97 Å². The van der Waals surface area contributed by atoms with Crippen molar-refractivity contribution in [2.45, 2.75) is 76.0 Å². The summed E-state index contributed by atoms with van der Waals surface area (Å²) in [4.78, 5) is 62.6. The van der Waals surface area contributed by atoms with Crippen LogP contribution in [0.25, 0.3) is 0 Å². The minimum absolute atomic E-state index is 0.127. The Morgan fingerprint density at radius 3 is 2.51 bits per heavy atom. The first-order chi connectivity index (χ1) is 23.7. The van der Waals surface area contributed by atoms with Crippen molar-refractivity contribution >= 4 is 23.7 Å². The second-order valence-corrected chi connectivity index (χ2v) is 14.0. The molecule has 6 rings (SSSR count). The number of nitrogens with zero attached hydrogens (tertiary/aromatic N) is 3. The van der Waals surface area contributed by atoms with Gasteiger partial charge in [0.2, 0.25) is 17.7 Å². The number of nitrogens with one attached hydrogen (secondary N) is 1. The summed E-state index contributed by atoms with van der Waals surface area (Å²) in [5.74, 6) is -3.67. The van der Waals surface area contributed by atoms with Gasteiger partial charge in [0.15, 0.2) is 0 Å². The van der Waals surface area contributed by atoms with Gasteiger partial charge in [0.05, 0.1) is 43.9 Å². The standard InChI is InChI=1S/C37H50N4O8/c1-4-24(2)27(23-42)41-33-35(45)40(18-17-39-19-21-47-22-20-39)16-10-6-9-13-29(43)38-25(3)32(26-11-7-5-8-12-26)48-36(46)30-28-14-15-37(33,49-28)31(30)34(41)44/h5-8,10-12,14-15,24-25,27-28,30-33,42H,4,9,13,16-23H2,1-3H3,(H,38,43)/b10-6-/t24-,25+,27-,28-,30+,31+,32-,33-,37+/m0/s1. The van der Waals surface area contributed by atoms with E-state index < -0.39 is 59.6 Å². The molecule has 0 aromatic heterocycles. The van der Waals surface area contributed by atoms with Gasteiger partial charge in [-0.2, -0.15) is 0 Å². The van der Waals surface area contributed by atoms with E-state index in [1.807, 2.05) is 56.3 Å². The number of amides is 3. The molecule has 12 heteroatoms. The fourth-order valence-electron chi connectivity index (χ4n) is 8.12. The van der Waals surface area contributed by atoms with Gasteiger partial charge < -0.3 is 34.4 Å². The maximum Gasteiger partial charge on any atom is 0.313 e. The highest BCUT2D eigenvalue weighted by atomic mass is 16.6. The molecular formula is C37H50N4O8. The summed E-state index contributed by atoms with van der Waals surface area (Å²) < 4.78 is 18.4. The molecule has 0 radical (unpaired) electrons. The third-order valence-corrected chi connectivity index (χ3v) is 11.0. The van der Waals surface area contributed by atoms with Gasteiger partial charge in [-0.25, -0.2) is 0 Å². The summed E-state index contributed by atoms with van der Waals surface area (Å²) in [5.41, 5.74) is -0.698. The highest BCUT2D eigenvalue weighted by molar-refractivity contribution is 5.99. The maximum atomic E-state index is 15.0. The number of fused-ring (bicyclic) bond motifs is 2. The van der Waals surface area contributed by atoms with Gasteiger partial charge in [-0.1, -0.05) is 74.9 Å². The summed E-state index contributed by atoms with van der Waals surface area (Å²) >= 11 is 0. The SMILES string of the molecule is CC[C@H](C)[C@H](CO)N1C(=O)[C@H]2[C@@H]3C(=O)O[C@H](c4ccccc4)[C@@H](C)NC(=O)CC/C=C\CN(CCN4CCOCC4)C(=O)[C@H]1[C@@]21C=C[C@@H]3O1. The average molecular weight is 679 g/mol. The average Bonchev–Trinajstić information content (AvgIpc) is 3.76. The van der Waals surface area contributed by atoms with Crippen LogP contribution in [0.15, 0.2) is 54.6 Å². The summed E-state index contributed by atoms with van der Waals surface area (Å²) in [7, 11) is 0. The molecule has 3 amide bonds. The first-order valence-electron chi connectivity index (χ1n) is 17.8. The molecule has 1 aromatic carbocycles. The van der Waals surface area contributed by atoms with Crippen molar-refractivity contribution in [3.05, 3.63) is 60.2 Å². The molecule has 3 saturated heterocycles. The second kappa shape index (κ2) is 15.1. The number of aliphatic hydroxyl groups is 1. The van der Waals surface area contributed by atoms with Crippen LogP contribution >= 0.6 is 0 Å². The quantitative estimate of drug-likeness (QED) is 0.312. The molecule has 0 aliphatic carbocycles. The van der Waals surface area contributed by atoms with E-state index in [1.165, 1.54) is 4.90 Å². The molecule has 9 atom stereocenters. The van der Waals surface area contributed by atoms with Gasteiger partial charge in [0.1, 0.15) is 23.7 Å².